The van der Waals surface area contributed by atoms with Crippen LogP contribution in [0.15, 0.2) is 0 Å². The molecule has 0 saturated carbocycles. The van der Waals surface area contributed by atoms with Crippen molar-refractivity contribution in [2.75, 3.05) is 13.1 Å². The SMILES string of the molecule is CCCCCCCCCCCCCCCCCCCCCCNCC(=O)O.[Na]. The summed E-state index contributed by atoms with van der Waals surface area (Å²) in [6.07, 6.45) is 27.9. The zero-order valence-electron chi connectivity index (χ0n) is 19.4. The van der Waals surface area contributed by atoms with Crippen molar-refractivity contribution < 1.29 is 9.90 Å². The molecular formula is C24H49NNaO2. The third-order valence-corrected chi connectivity index (χ3v) is 5.48. The van der Waals surface area contributed by atoms with Crippen molar-refractivity contribution in [2.24, 2.45) is 0 Å². The van der Waals surface area contributed by atoms with Gasteiger partial charge in [0.25, 0.3) is 0 Å². The van der Waals surface area contributed by atoms with E-state index in [0.717, 1.165) is 13.0 Å². The monoisotopic (exact) mass is 406 g/mol. The number of carbonyl (C=O) groups is 1. The standard InChI is InChI=1S/C24H49NO2.Na/c1-2-3-4-5-6-7-8-9-10-11-12-13-14-15-16-17-18-19-20-21-22-25-23-24(26)27;/h25H,2-23H2,1H3,(H,26,27);. The van der Waals surface area contributed by atoms with Gasteiger partial charge < -0.3 is 10.4 Å². The molecular weight excluding hydrogens is 357 g/mol. The summed E-state index contributed by atoms with van der Waals surface area (Å²) in [6, 6.07) is 0. The number of hydrogen-bond acceptors (Lipinski definition) is 2. The Morgan fingerprint density at radius 3 is 1.14 bits per heavy atom. The van der Waals surface area contributed by atoms with Gasteiger partial charge in [0.2, 0.25) is 0 Å². The molecule has 2 N–H and O–H groups in total. The molecule has 0 aromatic heterocycles. The summed E-state index contributed by atoms with van der Waals surface area (Å²) in [5.74, 6) is -0.761. The third-order valence-electron chi connectivity index (χ3n) is 5.48. The molecule has 4 heteroatoms. The Labute approximate surface area is 198 Å². The van der Waals surface area contributed by atoms with E-state index in [2.05, 4.69) is 12.2 Å². The van der Waals surface area contributed by atoms with Crippen LogP contribution in [-0.4, -0.2) is 53.7 Å². The maximum atomic E-state index is 10.3. The van der Waals surface area contributed by atoms with Gasteiger partial charge in [-0.1, -0.05) is 129 Å². The molecule has 28 heavy (non-hydrogen) atoms. The Balaban J connectivity index is 0. The van der Waals surface area contributed by atoms with Crippen molar-refractivity contribution in [3.05, 3.63) is 0 Å². The smallest absolute Gasteiger partial charge is 0.317 e. The van der Waals surface area contributed by atoms with Crippen LogP contribution < -0.4 is 5.32 Å². The Morgan fingerprint density at radius 1 is 0.571 bits per heavy atom. The van der Waals surface area contributed by atoms with E-state index in [0.29, 0.717) is 0 Å². The molecule has 0 amide bonds. The van der Waals surface area contributed by atoms with Crippen molar-refractivity contribution in [1.29, 1.82) is 0 Å². The average molecular weight is 407 g/mol. The van der Waals surface area contributed by atoms with Gasteiger partial charge in [-0.25, -0.2) is 0 Å². The second kappa shape index (κ2) is 27.4. The zero-order valence-corrected chi connectivity index (χ0v) is 21.4. The normalized spacial score (nSPS) is 10.8. The number of aliphatic carboxylic acids is 1. The Bertz CT molecular complexity index is 300. The van der Waals surface area contributed by atoms with Gasteiger partial charge >= 0.3 is 5.97 Å². The molecule has 3 nitrogen and oxygen atoms in total. The van der Waals surface area contributed by atoms with Crippen molar-refractivity contribution in [3.63, 3.8) is 0 Å². The van der Waals surface area contributed by atoms with E-state index in [9.17, 15) is 4.79 Å². The second-order valence-corrected chi connectivity index (χ2v) is 8.29. The number of unbranched alkanes of at least 4 members (excludes halogenated alkanes) is 19. The van der Waals surface area contributed by atoms with Crippen LogP contribution in [0.25, 0.3) is 0 Å². The van der Waals surface area contributed by atoms with Gasteiger partial charge in [-0.05, 0) is 13.0 Å². The first kappa shape index (κ1) is 30.6. The number of nitrogens with one attached hydrogen (secondary N) is 1. The van der Waals surface area contributed by atoms with Crippen molar-refractivity contribution >= 4 is 35.5 Å². The Hall–Kier alpha value is 0.430. The van der Waals surface area contributed by atoms with Crippen molar-refractivity contribution in [3.8, 4) is 0 Å². The van der Waals surface area contributed by atoms with E-state index in [4.69, 9.17) is 5.11 Å². The molecule has 0 rings (SSSR count). The van der Waals surface area contributed by atoms with Crippen molar-refractivity contribution in [2.45, 2.75) is 135 Å². The van der Waals surface area contributed by atoms with Gasteiger partial charge in [-0.15, -0.1) is 0 Å². The minimum atomic E-state index is -0.761. The van der Waals surface area contributed by atoms with Crippen LogP contribution in [0.1, 0.15) is 135 Å². The predicted octanol–water partition coefficient (Wildman–Crippen LogP) is 7.10. The zero-order chi connectivity index (χ0) is 19.8. The van der Waals surface area contributed by atoms with Crippen LogP contribution in [0.3, 0.4) is 0 Å². The third kappa shape index (κ3) is 28.6. The molecule has 0 fully saturated rings. The molecule has 0 atom stereocenters. The molecule has 0 saturated heterocycles. The minimum absolute atomic E-state index is 0. The maximum absolute atomic E-state index is 10.3. The molecule has 0 spiro atoms. The topological polar surface area (TPSA) is 49.3 Å². The molecule has 0 aliphatic heterocycles. The van der Waals surface area contributed by atoms with E-state index >= 15 is 0 Å². The molecule has 0 aliphatic rings. The van der Waals surface area contributed by atoms with Gasteiger partial charge in [0, 0.05) is 29.6 Å². The fraction of sp³-hybridized carbons (Fsp3) is 0.958. The largest absolute Gasteiger partial charge is 0.480 e. The molecule has 0 heterocycles. The van der Waals surface area contributed by atoms with Gasteiger partial charge in [0.15, 0.2) is 0 Å². The second-order valence-electron chi connectivity index (χ2n) is 8.29. The van der Waals surface area contributed by atoms with E-state index in [-0.39, 0.29) is 36.1 Å². The summed E-state index contributed by atoms with van der Waals surface area (Å²) in [5.41, 5.74) is 0. The van der Waals surface area contributed by atoms with E-state index in [1.165, 1.54) is 122 Å². The summed E-state index contributed by atoms with van der Waals surface area (Å²) in [6.45, 7) is 3.22. The molecule has 0 aromatic rings. The fourth-order valence-corrected chi connectivity index (χ4v) is 3.70. The summed E-state index contributed by atoms with van der Waals surface area (Å²) < 4.78 is 0. The first-order valence-electron chi connectivity index (χ1n) is 12.2. The van der Waals surface area contributed by atoms with E-state index in [1.54, 1.807) is 0 Å². The number of rotatable bonds is 23. The van der Waals surface area contributed by atoms with Gasteiger partial charge in [0.05, 0.1) is 6.54 Å². The summed E-state index contributed by atoms with van der Waals surface area (Å²) in [7, 11) is 0. The van der Waals surface area contributed by atoms with Crippen LogP contribution in [0.2, 0.25) is 0 Å². The summed E-state index contributed by atoms with van der Waals surface area (Å²) in [4.78, 5) is 10.3. The van der Waals surface area contributed by atoms with Crippen molar-refractivity contribution in [1.82, 2.24) is 5.32 Å². The van der Waals surface area contributed by atoms with Gasteiger partial charge in [-0.2, -0.15) is 0 Å². The number of carboxylic acid groups (broad SMARTS) is 1. The molecule has 163 valence electrons. The molecule has 0 unspecified atom stereocenters. The molecule has 0 aliphatic carbocycles. The van der Waals surface area contributed by atoms with Gasteiger partial charge in [-0.3, -0.25) is 4.79 Å². The summed E-state index contributed by atoms with van der Waals surface area (Å²) in [5, 5.41) is 11.5. The molecule has 0 aromatic carbocycles. The molecule has 0 bridgehead atoms. The fourth-order valence-electron chi connectivity index (χ4n) is 3.70. The minimum Gasteiger partial charge on any atom is -0.480 e. The Kier molecular flexibility index (Phi) is 30.0. The quantitative estimate of drug-likeness (QED) is 0.140. The maximum Gasteiger partial charge on any atom is 0.317 e. The first-order valence-corrected chi connectivity index (χ1v) is 12.2. The van der Waals surface area contributed by atoms with E-state index in [1.807, 2.05) is 0 Å². The van der Waals surface area contributed by atoms with Crippen LogP contribution >= 0.6 is 0 Å². The van der Waals surface area contributed by atoms with Gasteiger partial charge in [0.1, 0.15) is 0 Å². The van der Waals surface area contributed by atoms with E-state index < -0.39 is 5.97 Å². The summed E-state index contributed by atoms with van der Waals surface area (Å²) >= 11 is 0. The van der Waals surface area contributed by atoms with Crippen LogP contribution in [0.5, 0.6) is 0 Å². The van der Waals surface area contributed by atoms with Crippen LogP contribution in [0, 0.1) is 0 Å². The molecule has 1 radical (unpaired) electrons. The first-order chi connectivity index (χ1) is 13.3. The predicted molar refractivity (Wildman–Crippen MR) is 124 cm³/mol. The van der Waals surface area contributed by atoms with Crippen LogP contribution in [-0.2, 0) is 4.79 Å². The Morgan fingerprint density at radius 2 is 0.857 bits per heavy atom. The number of hydrogen-bond donors (Lipinski definition) is 2. The van der Waals surface area contributed by atoms with Crippen LogP contribution in [0.4, 0.5) is 0 Å². The average Bonchev–Trinajstić information content (AvgIpc) is 2.65. The number of carboxylic acids is 1.